The third-order valence-electron chi connectivity index (χ3n) is 9.34. The number of primary amides is 2. The summed E-state index contributed by atoms with van der Waals surface area (Å²) in [6, 6.07) is 0.616. The summed E-state index contributed by atoms with van der Waals surface area (Å²) in [7, 11) is 0. The van der Waals surface area contributed by atoms with Gasteiger partial charge in [-0.1, -0.05) is 52.3 Å². The first-order valence-corrected chi connectivity index (χ1v) is 18.6. The van der Waals surface area contributed by atoms with Crippen LogP contribution in [0.25, 0.3) is 10.9 Å². The highest BCUT2D eigenvalue weighted by Gasteiger charge is 2.35. The minimum Gasteiger partial charge on any atom is -0.391 e. The average Bonchev–Trinajstić information content (AvgIpc) is 3.54. The van der Waals surface area contributed by atoms with E-state index in [0.717, 1.165) is 16.5 Å². The Balaban J connectivity index is 2.33. The van der Waals surface area contributed by atoms with E-state index in [1.54, 1.807) is 20.0 Å². The molecule has 7 amide bonds. The number of aromatic nitrogens is 1. The number of carbonyl (C=O) groups is 7. The Morgan fingerprint density at radius 3 is 1.89 bits per heavy atom. The molecule has 0 bridgehead atoms. The minimum absolute atomic E-state index is 0.00885. The Morgan fingerprint density at radius 1 is 0.745 bits per heavy atom. The largest absolute Gasteiger partial charge is 0.391 e. The van der Waals surface area contributed by atoms with E-state index in [0.29, 0.717) is 6.42 Å². The lowest BCUT2D eigenvalue weighted by molar-refractivity contribution is -0.137. The molecule has 0 fully saturated rings. The van der Waals surface area contributed by atoms with Crippen LogP contribution >= 0.6 is 0 Å². The molecule has 0 aliphatic rings. The predicted molar refractivity (Wildman–Crippen MR) is 206 cm³/mol. The molecule has 15 N–H and O–H groups in total. The standard InChI is InChI=1S/C37H60N10O8/c1-6-20(4)31(46-33(51)25(39)12-14-30(41)50)36(54)47-32(21(5)48)37(55)45-27(15-19(2)3)35(53)44-28(34(52)43-23(17-38)11-13-29(40)49)16-22-18-42-26-10-8-7-9-24(22)26/h7-10,18-21,23,25,27-28,31-32,42,48H,6,11-17,38-39H2,1-5H3,(H2,40,49)(H2,41,50)(H,43,52)(H,44,53)(H,45,55)(H,46,51)(H,47,54)/t20-,21+,23-,25-,27-,28-,31-,32-/m0/s1. The van der Waals surface area contributed by atoms with Crippen molar-refractivity contribution in [3.05, 3.63) is 36.0 Å². The molecule has 0 saturated heterocycles. The normalized spacial score (nSPS) is 15.7. The highest BCUT2D eigenvalue weighted by atomic mass is 16.3. The Hall–Kier alpha value is -5.07. The highest BCUT2D eigenvalue weighted by Crippen LogP contribution is 2.20. The van der Waals surface area contributed by atoms with Gasteiger partial charge >= 0.3 is 0 Å². The van der Waals surface area contributed by atoms with Crippen molar-refractivity contribution in [2.45, 2.75) is 122 Å². The van der Waals surface area contributed by atoms with Crippen LogP contribution in [0.1, 0.15) is 78.7 Å². The van der Waals surface area contributed by atoms with E-state index >= 15 is 0 Å². The number of aliphatic hydroxyl groups excluding tert-OH is 1. The number of amides is 7. The average molecular weight is 773 g/mol. The molecule has 0 aliphatic carbocycles. The van der Waals surface area contributed by atoms with Gasteiger partial charge in [-0.15, -0.1) is 0 Å². The molecule has 55 heavy (non-hydrogen) atoms. The number of fused-ring (bicyclic) bond motifs is 1. The van der Waals surface area contributed by atoms with E-state index in [2.05, 4.69) is 31.6 Å². The Morgan fingerprint density at radius 2 is 1.31 bits per heavy atom. The number of para-hydroxylation sites is 1. The molecule has 1 aromatic heterocycles. The summed E-state index contributed by atoms with van der Waals surface area (Å²) >= 11 is 0. The van der Waals surface area contributed by atoms with E-state index in [1.165, 1.54) is 6.92 Å². The van der Waals surface area contributed by atoms with Crippen molar-refractivity contribution in [3.63, 3.8) is 0 Å². The van der Waals surface area contributed by atoms with Gasteiger partial charge in [-0.3, -0.25) is 33.6 Å². The van der Waals surface area contributed by atoms with Gasteiger partial charge in [0.2, 0.25) is 41.4 Å². The fraction of sp³-hybridized carbons (Fsp3) is 0.595. The lowest BCUT2D eigenvalue weighted by Crippen LogP contribution is -2.62. The van der Waals surface area contributed by atoms with E-state index in [-0.39, 0.29) is 51.0 Å². The fourth-order valence-electron chi connectivity index (χ4n) is 5.87. The van der Waals surface area contributed by atoms with Gasteiger partial charge < -0.3 is 59.6 Å². The Labute approximate surface area is 321 Å². The van der Waals surface area contributed by atoms with E-state index < -0.39 is 89.6 Å². The predicted octanol–water partition coefficient (Wildman–Crippen LogP) is -1.58. The van der Waals surface area contributed by atoms with Gasteiger partial charge in [0.05, 0.1) is 12.1 Å². The summed E-state index contributed by atoms with van der Waals surface area (Å²) in [6.07, 6.45) is 0.917. The van der Waals surface area contributed by atoms with Gasteiger partial charge in [0.25, 0.3) is 0 Å². The van der Waals surface area contributed by atoms with Crippen LogP contribution in [0, 0.1) is 11.8 Å². The Bertz CT molecular complexity index is 1630. The van der Waals surface area contributed by atoms with Gasteiger partial charge in [-0.25, -0.2) is 0 Å². The Kier molecular flexibility index (Phi) is 18.7. The van der Waals surface area contributed by atoms with Gasteiger partial charge in [-0.05, 0) is 49.7 Å². The van der Waals surface area contributed by atoms with E-state index in [9.17, 15) is 38.7 Å². The van der Waals surface area contributed by atoms with E-state index in [1.807, 2.05) is 38.1 Å². The molecular formula is C37H60N10O8. The zero-order valence-corrected chi connectivity index (χ0v) is 32.4. The second-order valence-corrected chi connectivity index (χ2v) is 14.5. The summed E-state index contributed by atoms with van der Waals surface area (Å²) < 4.78 is 0. The van der Waals surface area contributed by atoms with Crippen LogP contribution in [-0.4, -0.2) is 100 Å². The molecule has 306 valence electrons. The first-order chi connectivity index (χ1) is 25.9. The smallest absolute Gasteiger partial charge is 0.245 e. The molecule has 8 atom stereocenters. The molecule has 2 aromatic rings. The maximum absolute atomic E-state index is 14.0. The zero-order valence-electron chi connectivity index (χ0n) is 32.4. The van der Waals surface area contributed by atoms with Gasteiger partial charge in [0, 0.05) is 48.9 Å². The first kappa shape index (κ1) is 46.1. The fourth-order valence-corrected chi connectivity index (χ4v) is 5.87. The molecule has 0 spiro atoms. The second kappa shape index (κ2) is 22.3. The van der Waals surface area contributed by atoms with Crippen molar-refractivity contribution in [3.8, 4) is 0 Å². The highest BCUT2D eigenvalue weighted by molar-refractivity contribution is 5.96. The van der Waals surface area contributed by atoms with Crippen LogP contribution in [0.3, 0.4) is 0 Å². The van der Waals surface area contributed by atoms with Crippen LogP contribution in [0.2, 0.25) is 0 Å². The number of carbonyl (C=O) groups excluding carboxylic acids is 7. The summed E-state index contributed by atoms with van der Waals surface area (Å²) in [6.45, 7) is 8.45. The minimum atomic E-state index is -1.55. The number of nitrogens with one attached hydrogen (secondary N) is 6. The quantitative estimate of drug-likeness (QED) is 0.0582. The van der Waals surface area contributed by atoms with Crippen LogP contribution in [0.5, 0.6) is 0 Å². The molecule has 0 radical (unpaired) electrons. The summed E-state index contributed by atoms with van der Waals surface area (Å²) in [5, 5.41) is 24.8. The van der Waals surface area contributed by atoms with Crippen molar-refractivity contribution in [2.75, 3.05) is 6.54 Å². The molecule has 18 nitrogen and oxygen atoms in total. The zero-order chi connectivity index (χ0) is 41.4. The molecule has 1 aromatic carbocycles. The summed E-state index contributed by atoms with van der Waals surface area (Å²) in [5.41, 5.74) is 23.8. The van der Waals surface area contributed by atoms with Gasteiger partial charge in [0.15, 0.2) is 0 Å². The molecule has 18 heteroatoms. The number of hydrogen-bond acceptors (Lipinski definition) is 10. The first-order valence-electron chi connectivity index (χ1n) is 18.6. The number of aliphatic hydroxyl groups is 1. The molecular weight excluding hydrogens is 712 g/mol. The lowest BCUT2D eigenvalue weighted by atomic mass is 9.96. The number of hydrogen-bond donors (Lipinski definition) is 11. The van der Waals surface area contributed by atoms with Gasteiger partial charge in [-0.2, -0.15) is 0 Å². The molecule has 0 unspecified atom stereocenters. The van der Waals surface area contributed by atoms with Crippen molar-refractivity contribution >= 4 is 52.3 Å². The molecule has 2 rings (SSSR count). The topological polar surface area (TPSA) is 320 Å². The van der Waals surface area contributed by atoms with Crippen LogP contribution in [0.4, 0.5) is 0 Å². The number of benzene rings is 1. The monoisotopic (exact) mass is 772 g/mol. The number of H-pyrrole nitrogens is 1. The number of rotatable bonds is 24. The lowest BCUT2D eigenvalue weighted by Gasteiger charge is -2.30. The molecule has 1 heterocycles. The third kappa shape index (κ3) is 14.9. The number of nitrogens with two attached hydrogens (primary N) is 4. The molecule has 0 aliphatic heterocycles. The van der Waals surface area contributed by atoms with Crippen LogP contribution < -0.4 is 49.5 Å². The molecule has 0 saturated carbocycles. The SMILES string of the molecule is CC[C@H](C)[C@H](NC(=O)[C@@H](N)CCC(N)=O)C(=O)N[C@H](C(=O)N[C@@H](CC(C)C)C(=O)N[C@@H](Cc1c[nH]c2ccccc12)C(=O)N[C@H](CN)CCC(N)=O)[C@@H](C)O. The van der Waals surface area contributed by atoms with Crippen molar-refractivity contribution < 1.29 is 38.7 Å². The summed E-state index contributed by atoms with van der Waals surface area (Å²) in [4.78, 5) is 93.5. The van der Waals surface area contributed by atoms with Crippen molar-refractivity contribution in [1.82, 2.24) is 31.6 Å². The maximum atomic E-state index is 14.0. The van der Waals surface area contributed by atoms with Crippen molar-refractivity contribution in [1.29, 1.82) is 0 Å². The summed E-state index contributed by atoms with van der Waals surface area (Å²) in [5.74, 6) is -5.40. The van der Waals surface area contributed by atoms with Crippen LogP contribution in [0.15, 0.2) is 30.5 Å². The number of aromatic amines is 1. The maximum Gasteiger partial charge on any atom is 0.245 e. The van der Waals surface area contributed by atoms with E-state index in [4.69, 9.17) is 22.9 Å². The van der Waals surface area contributed by atoms with Crippen molar-refractivity contribution in [2.24, 2.45) is 34.8 Å². The second-order valence-electron chi connectivity index (χ2n) is 14.5. The third-order valence-corrected chi connectivity index (χ3v) is 9.34. The van der Waals surface area contributed by atoms with Crippen LogP contribution in [-0.2, 0) is 40.0 Å². The van der Waals surface area contributed by atoms with Gasteiger partial charge in [0.1, 0.15) is 24.2 Å².